The molecule has 0 spiro atoms. The molecule has 0 aliphatic carbocycles. The van der Waals surface area contributed by atoms with Crippen molar-refractivity contribution in [2.24, 2.45) is 5.73 Å². The maximum Gasteiger partial charge on any atom is 0.294 e. The van der Waals surface area contributed by atoms with Crippen LogP contribution in [0.25, 0.3) is 6.08 Å². The Morgan fingerprint density at radius 3 is 2.64 bits per heavy atom. The highest BCUT2D eigenvalue weighted by Crippen LogP contribution is 2.34. The van der Waals surface area contributed by atoms with Gasteiger partial charge in [0, 0.05) is 5.56 Å². The predicted octanol–water partition coefficient (Wildman–Crippen LogP) is 1.23. The van der Waals surface area contributed by atoms with Crippen LogP contribution in [0.2, 0.25) is 0 Å². The van der Waals surface area contributed by atoms with E-state index in [2.05, 4.69) is 0 Å². The van der Waals surface area contributed by atoms with Crippen molar-refractivity contribution in [2.45, 2.75) is 0 Å². The first-order valence-corrected chi connectivity index (χ1v) is 7.03. The number of primary amides is 1. The second kappa shape index (κ2) is 6.52. The van der Waals surface area contributed by atoms with Crippen LogP contribution in [0.4, 0.5) is 4.79 Å². The molecule has 0 bridgehead atoms. The van der Waals surface area contributed by atoms with Gasteiger partial charge in [0.1, 0.15) is 18.0 Å². The Hall–Kier alpha value is -2.48. The molecule has 7 nitrogen and oxygen atoms in total. The molecule has 1 aliphatic rings. The molecule has 22 heavy (non-hydrogen) atoms. The van der Waals surface area contributed by atoms with Gasteiger partial charge >= 0.3 is 0 Å². The molecule has 1 heterocycles. The van der Waals surface area contributed by atoms with Gasteiger partial charge in [-0.05, 0) is 36.0 Å². The van der Waals surface area contributed by atoms with Crippen LogP contribution in [-0.4, -0.2) is 42.7 Å². The SMILES string of the molecule is COc1ccc(OC)c(/C=C2\SC(=O)N(CC(N)=O)C2=O)c1. The number of carbonyl (C=O) groups is 3. The van der Waals surface area contributed by atoms with Crippen LogP contribution in [-0.2, 0) is 9.59 Å². The fourth-order valence-corrected chi connectivity index (χ4v) is 2.71. The molecule has 1 fully saturated rings. The third-order valence-corrected chi connectivity index (χ3v) is 3.82. The van der Waals surface area contributed by atoms with E-state index in [4.69, 9.17) is 15.2 Å². The number of benzene rings is 1. The summed E-state index contributed by atoms with van der Waals surface area (Å²) in [5, 5.41) is -0.531. The zero-order valence-corrected chi connectivity index (χ0v) is 12.8. The quantitative estimate of drug-likeness (QED) is 0.819. The highest BCUT2D eigenvalue weighted by molar-refractivity contribution is 8.18. The molecule has 1 aliphatic heterocycles. The van der Waals surface area contributed by atoms with Crippen LogP contribution in [0.5, 0.6) is 11.5 Å². The summed E-state index contributed by atoms with van der Waals surface area (Å²) in [6.45, 7) is -0.433. The molecule has 0 radical (unpaired) electrons. The van der Waals surface area contributed by atoms with Gasteiger partial charge < -0.3 is 15.2 Å². The first-order valence-electron chi connectivity index (χ1n) is 6.22. The fourth-order valence-electron chi connectivity index (χ4n) is 1.89. The Morgan fingerprint density at radius 1 is 1.32 bits per heavy atom. The minimum atomic E-state index is -0.748. The molecule has 1 aromatic rings. The third-order valence-electron chi connectivity index (χ3n) is 2.91. The van der Waals surface area contributed by atoms with E-state index in [9.17, 15) is 14.4 Å². The second-order valence-electron chi connectivity index (χ2n) is 4.34. The van der Waals surface area contributed by atoms with Gasteiger partial charge in [-0.1, -0.05) is 0 Å². The maximum absolute atomic E-state index is 12.1. The number of ether oxygens (including phenoxy) is 2. The standard InChI is InChI=1S/C14H14N2O5S/c1-20-9-3-4-10(21-2)8(5-9)6-11-13(18)16(7-12(15)17)14(19)22-11/h3-6H,7H2,1-2H3,(H2,15,17)/b11-6-. The molecule has 0 aromatic heterocycles. The van der Waals surface area contributed by atoms with Gasteiger partial charge in [0.25, 0.3) is 11.1 Å². The highest BCUT2D eigenvalue weighted by Gasteiger charge is 2.36. The second-order valence-corrected chi connectivity index (χ2v) is 5.34. The Morgan fingerprint density at radius 2 is 2.05 bits per heavy atom. The largest absolute Gasteiger partial charge is 0.497 e. The Bertz CT molecular complexity index is 671. The average Bonchev–Trinajstić information content (AvgIpc) is 2.74. The lowest BCUT2D eigenvalue weighted by molar-refractivity contribution is -0.127. The Labute approximate surface area is 131 Å². The molecule has 2 rings (SSSR count). The number of imide groups is 1. The summed E-state index contributed by atoms with van der Waals surface area (Å²) in [6.07, 6.45) is 1.52. The molecule has 0 unspecified atom stereocenters. The van der Waals surface area contributed by atoms with Gasteiger partial charge in [-0.2, -0.15) is 0 Å². The van der Waals surface area contributed by atoms with Gasteiger partial charge in [0.05, 0.1) is 19.1 Å². The van der Waals surface area contributed by atoms with Crippen molar-refractivity contribution in [2.75, 3.05) is 20.8 Å². The van der Waals surface area contributed by atoms with Crippen molar-refractivity contribution < 1.29 is 23.9 Å². The number of thioether (sulfide) groups is 1. The van der Waals surface area contributed by atoms with Gasteiger partial charge in [0.2, 0.25) is 5.91 Å². The summed E-state index contributed by atoms with van der Waals surface area (Å²) in [5.41, 5.74) is 5.62. The van der Waals surface area contributed by atoms with Crippen LogP contribution >= 0.6 is 11.8 Å². The van der Waals surface area contributed by atoms with Crippen molar-refractivity contribution >= 4 is 34.9 Å². The lowest BCUT2D eigenvalue weighted by Crippen LogP contribution is -2.36. The summed E-state index contributed by atoms with van der Waals surface area (Å²) in [7, 11) is 3.02. The van der Waals surface area contributed by atoms with E-state index in [1.54, 1.807) is 18.2 Å². The molecule has 3 amide bonds. The Kier molecular flexibility index (Phi) is 4.71. The first-order chi connectivity index (χ1) is 10.5. The topological polar surface area (TPSA) is 98.9 Å². The van der Waals surface area contributed by atoms with Crippen molar-refractivity contribution in [3.05, 3.63) is 28.7 Å². The van der Waals surface area contributed by atoms with Gasteiger partial charge in [-0.3, -0.25) is 19.3 Å². The zero-order chi connectivity index (χ0) is 16.3. The van der Waals surface area contributed by atoms with Crippen molar-refractivity contribution in [3.8, 4) is 11.5 Å². The number of amides is 3. The van der Waals surface area contributed by atoms with Gasteiger partial charge in [-0.15, -0.1) is 0 Å². The van der Waals surface area contributed by atoms with Crippen LogP contribution in [0.1, 0.15) is 5.56 Å². The predicted molar refractivity (Wildman–Crippen MR) is 81.4 cm³/mol. The molecular formula is C14H14N2O5S. The van der Waals surface area contributed by atoms with Crippen LogP contribution < -0.4 is 15.2 Å². The van der Waals surface area contributed by atoms with Crippen molar-refractivity contribution in [1.29, 1.82) is 0 Å². The minimum Gasteiger partial charge on any atom is -0.497 e. The summed E-state index contributed by atoms with van der Waals surface area (Å²) >= 11 is 0.746. The van der Waals surface area contributed by atoms with Crippen LogP contribution in [0.3, 0.4) is 0 Å². The number of hydrogen-bond donors (Lipinski definition) is 1. The molecule has 2 N–H and O–H groups in total. The molecule has 1 saturated heterocycles. The van der Waals surface area contributed by atoms with E-state index in [0.29, 0.717) is 17.1 Å². The average molecular weight is 322 g/mol. The van der Waals surface area contributed by atoms with E-state index in [1.807, 2.05) is 0 Å². The normalized spacial score (nSPS) is 16.3. The zero-order valence-electron chi connectivity index (χ0n) is 12.0. The molecular weight excluding hydrogens is 308 g/mol. The molecule has 0 saturated carbocycles. The molecule has 1 aromatic carbocycles. The minimum absolute atomic E-state index is 0.192. The van der Waals surface area contributed by atoms with E-state index in [0.717, 1.165) is 16.7 Å². The Balaban J connectivity index is 2.36. The number of nitrogens with zero attached hydrogens (tertiary/aromatic N) is 1. The number of hydrogen-bond acceptors (Lipinski definition) is 6. The monoisotopic (exact) mass is 322 g/mol. The third kappa shape index (κ3) is 3.22. The van der Waals surface area contributed by atoms with E-state index in [1.165, 1.54) is 20.3 Å². The lowest BCUT2D eigenvalue weighted by atomic mass is 10.1. The number of carbonyl (C=O) groups excluding carboxylic acids is 3. The number of rotatable bonds is 5. The van der Waals surface area contributed by atoms with Crippen LogP contribution in [0.15, 0.2) is 23.1 Å². The summed E-state index contributed by atoms with van der Waals surface area (Å²) in [4.78, 5) is 35.8. The fraction of sp³-hybridized carbons (Fsp3) is 0.214. The van der Waals surface area contributed by atoms with Gasteiger partial charge in [-0.25, -0.2) is 0 Å². The van der Waals surface area contributed by atoms with Crippen molar-refractivity contribution in [1.82, 2.24) is 4.90 Å². The summed E-state index contributed by atoms with van der Waals surface area (Å²) in [6, 6.07) is 5.09. The maximum atomic E-state index is 12.1. The lowest BCUT2D eigenvalue weighted by Gasteiger charge is -2.09. The van der Waals surface area contributed by atoms with Crippen LogP contribution in [0, 0.1) is 0 Å². The smallest absolute Gasteiger partial charge is 0.294 e. The number of nitrogens with two attached hydrogens (primary N) is 1. The van der Waals surface area contributed by atoms with E-state index < -0.39 is 23.6 Å². The molecule has 8 heteroatoms. The summed E-state index contributed by atoms with van der Waals surface area (Å²) in [5.74, 6) is -0.188. The van der Waals surface area contributed by atoms with Gasteiger partial charge in [0.15, 0.2) is 0 Å². The summed E-state index contributed by atoms with van der Waals surface area (Å²) < 4.78 is 10.3. The van der Waals surface area contributed by atoms with E-state index >= 15 is 0 Å². The van der Waals surface area contributed by atoms with Crippen molar-refractivity contribution in [3.63, 3.8) is 0 Å². The molecule has 116 valence electrons. The van der Waals surface area contributed by atoms with E-state index in [-0.39, 0.29) is 4.91 Å². The molecule has 0 atom stereocenters. The first kappa shape index (κ1) is 15.9. The highest BCUT2D eigenvalue weighted by atomic mass is 32.2. The number of methoxy groups -OCH3 is 2.